The number of aromatic nitrogens is 2. The van der Waals surface area contributed by atoms with E-state index >= 15 is 0 Å². The van der Waals surface area contributed by atoms with Crippen LogP contribution in [-0.2, 0) is 4.79 Å². The number of rotatable bonds is 6. The summed E-state index contributed by atoms with van der Waals surface area (Å²) in [5.74, 6) is 0.205. The van der Waals surface area contributed by atoms with Crippen molar-refractivity contribution in [3.8, 4) is 12.1 Å². The van der Waals surface area contributed by atoms with Gasteiger partial charge < -0.3 is 10.1 Å². The highest BCUT2D eigenvalue weighted by atomic mass is 16.6. The smallest absolute Gasteiger partial charge is 0.417 e. The van der Waals surface area contributed by atoms with Crippen molar-refractivity contribution in [1.29, 1.82) is 5.26 Å². The Bertz CT molecular complexity index is 504. The van der Waals surface area contributed by atoms with Crippen molar-refractivity contribution in [3.63, 3.8) is 0 Å². The number of carbonyl (C=O) groups is 1. The zero-order valence-electron chi connectivity index (χ0n) is 12.4. The fourth-order valence-electron chi connectivity index (χ4n) is 1.27. The molecule has 1 rings (SSSR count). The van der Waals surface area contributed by atoms with Gasteiger partial charge in [0.15, 0.2) is 12.4 Å². The summed E-state index contributed by atoms with van der Waals surface area (Å²) < 4.78 is 9.96. The number of carbonyl (C=O) groups excluding carboxylic acids is 1. The van der Waals surface area contributed by atoms with Crippen LogP contribution >= 0.6 is 0 Å². The minimum atomic E-state index is -0.932. The van der Waals surface area contributed by atoms with Gasteiger partial charge >= 0.3 is 6.08 Å². The van der Waals surface area contributed by atoms with Gasteiger partial charge in [-0.1, -0.05) is 32.9 Å². The van der Waals surface area contributed by atoms with E-state index in [1.165, 1.54) is 0 Å². The van der Waals surface area contributed by atoms with Gasteiger partial charge in [0.05, 0.1) is 6.07 Å². The number of hydrogen-bond acceptors (Lipinski definition) is 6. The minimum Gasteiger partial charge on any atom is -0.439 e. The van der Waals surface area contributed by atoms with Gasteiger partial charge in [0.25, 0.3) is 5.91 Å². The Morgan fingerprint density at radius 1 is 1.50 bits per heavy atom. The van der Waals surface area contributed by atoms with E-state index in [-0.39, 0.29) is 24.5 Å². The van der Waals surface area contributed by atoms with Gasteiger partial charge in [0, 0.05) is 5.92 Å². The largest absolute Gasteiger partial charge is 0.439 e. The Morgan fingerprint density at radius 3 is 2.60 bits per heavy atom. The third-order valence-electron chi connectivity index (χ3n) is 3.05. The lowest BCUT2D eigenvalue weighted by Crippen LogP contribution is -2.50. The SMILES string of the molecule is CC(C)c1noc(OCC(=O)N[C@@](C)(C#N)C(C)C)n1. The molecular formula is C13H20N4O3. The molecule has 0 aliphatic carbocycles. The van der Waals surface area contributed by atoms with Crippen molar-refractivity contribution in [2.24, 2.45) is 5.92 Å². The quantitative estimate of drug-likeness (QED) is 0.849. The Morgan fingerprint density at radius 2 is 2.15 bits per heavy atom. The summed E-state index contributed by atoms with van der Waals surface area (Å²) in [6.07, 6.45) is -0.0490. The van der Waals surface area contributed by atoms with E-state index in [2.05, 4.69) is 21.5 Å². The molecule has 20 heavy (non-hydrogen) atoms. The van der Waals surface area contributed by atoms with Crippen molar-refractivity contribution in [1.82, 2.24) is 15.5 Å². The van der Waals surface area contributed by atoms with E-state index in [4.69, 9.17) is 14.5 Å². The summed E-state index contributed by atoms with van der Waals surface area (Å²) in [6.45, 7) is 8.95. The first kappa shape index (κ1) is 16.0. The van der Waals surface area contributed by atoms with E-state index < -0.39 is 11.4 Å². The van der Waals surface area contributed by atoms with Crippen LogP contribution in [0.3, 0.4) is 0 Å². The molecule has 7 heteroatoms. The van der Waals surface area contributed by atoms with Crippen LogP contribution in [0.1, 0.15) is 46.4 Å². The first-order valence-corrected chi connectivity index (χ1v) is 6.47. The van der Waals surface area contributed by atoms with Gasteiger partial charge in [0.1, 0.15) is 5.54 Å². The molecule has 0 spiro atoms. The van der Waals surface area contributed by atoms with Crippen molar-refractivity contribution >= 4 is 5.91 Å². The number of ether oxygens (including phenoxy) is 1. The summed E-state index contributed by atoms with van der Waals surface area (Å²) >= 11 is 0. The van der Waals surface area contributed by atoms with E-state index in [1.807, 2.05) is 27.7 Å². The predicted molar refractivity (Wildman–Crippen MR) is 70.9 cm³/mol. The average molecular weight is 280 g/mol. The maximum Gasteiger partial charge on any atom is 0.417 e. The van der Waals surface area contributed by atoms with Crippen LogP contribution in [0, 0.1) is 17.2 Å². The van der Waals surface area contributed by atoms with E-state index in [9.17, 15) is 4.79 Å². The molecule has 0 aliphatic rings. The van der Waals surface area contributed by atoms with Gasteiger partial charge in [-0.05, 0) is 12.8 Å². The number of amides is 1. The van der Waals surface area contributed by atoms with Crippen molar-refractivity contribution in [2.75, 3.05) is 6.61 Å². The van der Waals surface area contributed by atoms with Crippen molar-refractivity contribution in [3.05, 3.63) is 5.82 Å². The molecule has 110 valence electrons. The van der Waals surface area contributed by atoms with Crippen LogP contribution in [0.15, 0.2) is 4.52 Å². The molecule has 7 nitrogen and oxygen atoms in total. The van der Waals surface area contributed by atoms with E-state index in [1.54, 1.807) is 6.92 Å². The van der Waals surface area contributed by atoms with Crippen LogP contribution in [0.25, 0.3) is 0 Å². The molecule has 0 aromatic carbocycles. The lowest BCUT2D eigenvalue weighted by Gasteiger charge is -2.26. The standard InChI is InChI=1S/C13H20N4O3/c1-8(2)11-15-12(20-17-11)19-6-10(18)16-13(5,7-14)9(3)4/h8-9H,6H2,1-5H3,(H,16,18)/t13-/m0/s1. The summed E-state index contributed by atoms with van der Waals surface area (Å²) in [6, 6.07) is 2.09. The molecule has 1 amide bonds. The molecule has 1 heterocycles. The highest BCUT2D eigenvalue weighted by Gasteiger charge is 2.30. The second-order valence-electron chi connectivity index (χ2n) is 5.38. The topological polar surface area (TPSA) is 101 Å². The minimum absolute atomic E-state index is 0.0209. The van der Waals surface area contributed by atoms with Crippen molar-refractivity contribution < 1.29 is 14.1 Å². The van der Waals surface area contributed by atoms with Crippen LogP contribution in [0.2, 0.25) is 0 Å². The fourth-order valence-corrected chi connectivity index (χ4v) is 1.27. The zero-order valence-corrected chi connectivity index (χ0v) is 12.4. The molecule has 1 aromatic rings. The third-order valence-corrected chi connectivity index (χ3v) is 3.05. The third kappa shape index (κ3) is 3.95. The maximum absolute atomic E-state index is 11.8. The first-order valence-electron chi connectivity index (χ1n) is 6.47. The highest BCUT2D eigenvalue weighted by molar-refractivity contribution is 5.78. The van der Waals surface area contributed by atoms with Crippen LogP contribution in [0.5, 0.6) is 6.08 Å². The van der Waals surface area contributed by atoms with E-state index in [0.29, 0.717) is 5.82 Å². The summed E-state index contributed by atoms with van der Waals surface area (Å²) in [5, 5.41) is 15.5. The number of nitriles is 1. The molecule has 0 saturated heterocycles. The Kier molecular flexibility index (Phi) is 5.08. The predicted octanol–water partition coefficient (Wildman–Crippen LogP) is 1.63. The molecule has 0 bridgehead atoms. The molecule has 1 atom stereocenters. The fraction of sp³-hybridized carbons (Fsp3) is 0.692. The lowest BCUT2D eigenvalue weighted by atomic mass is 9.90. The van der Waals surface area contributed by atoms with Crippen molar-refractivity contribution in [2.45, 2.75) is 46.1 Å². The van der Waals surface area contributed by atoms with Gasteiger partial charge in [-0.15, -0.1) is 0 Å². The molecule has 0 fully saturated rings. The number of nitrogens with zero attached hydrogens (tertiary/aromatic N) is 3. The summed E-state index contributed by atoms with van der Waals surface area (Å²) in [5.41, 5.74) is -0.932. The number of nitrogens with one attached hydrogen (secondary N) is 1. The Labute approximate surface area is 118 Å². The first-order chi connectivity index (χ1) is 9.28. The second-order valence-corrected chi connectivity index (χ2v) is 5.38. The average Bonchev–Trinajstić information content (AvgIpc) is 2.85. The Hall–Kier alpha value is -2.10. The Balaban J connectivity index is 2.53. The highest BCUT2D eigenvalue weighted by Crippen LogP contribution is 2.16. The molecule has 0 radical (unpaired) electrons. The van der Waals surface area contributed by atoms with Gasteiger partial charge in [-0.2, -0.15) is 10.2 Å². The van der Waals surface area contributed by atoms with Crippen LogP contribution in [0.4, 0.5) is 0 Å². The molecule has 1 N–H and O–H groups in total. The zero-order chi connectivity index (χ0) is 15.3. The number of hydrogen-bond donors (Lipinski definition) is 1. The molecule has 0 aliphatic heterocycles. The molecular weight excluding hydrogens is 260 g/mol. The molecule has 0 unspecified atom stereocenters. The van der Waals surface area contributed by atoms with Gasteiger partial charge in [0.2, 0.25) is 0 Å². The molecule has 1 aromatic heterocycles. The van der Waals surface area contributed by atoms with Gasteiger partial charge in [-0.25, -0.2) is 0 Å². The lowest BCUT2D eigenvalue weighted by molar-refractivity contribution is -0.125. The van der Waals surface area contributed by atoms with Gasteiger partial charge in [-0.3, -0.25) is 9.32 Å². The van der Waals surface area contributed by atoms with Crippen LogP contribution < -0.4 is 10.1 Å². The normalized spacial score (nSPS) is 13.9. The second kappa shape index (κ2) is 6.37. The summed E-state index contributed by atoms with van der Waals surface area (Å²) in [4.78, 5) is 15.7. The molecule has 0 saturated carbocycles. The monoisotopic (exact) mass is 280 g/mol. The van der Waals surface area contributed by atoms with Crippen LogP contribution in [-0.4, -0.2) is 28.2 Å². The summed E-state index contributed by atoms with van der Waals surface area (Å²) in [7, 11) is 0. The van der Waals surface area contributed by atoms with E-state index in [0.717, 1.165) is 0 Å². The maximum atomic E-state index is 11.8.